The zero-order valence-electron chi connectivity index (χ0n) is 18.0. The first-order valence-corrected chi connectivity index (χ1v) is 10.5. The van der Waals surface area contributed by atoms with E-state index in [1.54, 1.807) is 17.0 Å². The first kappa shape index (κ1) is 22.6. The van der Waals surface area contributed by atoms with Crippen molar-refractivity contribution >= 4 is 17.5 Å². The first-order valence-electron chi connectivity index (χ1n) is 10.5. The predicted molar refractivity (Wildman–Crippen MR) is 117 cm³/mol. The fourth-order valence-corrected chi connectivity index (χ4v) is 4.27. The molecular formula is C24H23F3N4O2. The summed E-state index contributed by atoms with van der Waals surface area (Å²) in [7, 11) is 0. The highest BCUT2D eigenvalue weighted by atomic mass is 19.4. The van der Waals surface area contributed by atoms with Crippen LogP contribution in [0.5, 0.6) is 0 Å². The van der Waals surface area contributed by atoms with Crippen molar-refractivity contribution in [3.05, 3.63) is 78.1 Å². The van der Waals surface area contributed by atoms with E-state index in [4.69, 9.17) is 0 Å². The van der Waals surface area contributed by atoms with Crippen molar-refractivity contribution in [3.8, 4) is 5.69 Å². The number of carbonyl (C=O) groups is 2. The molecule has 0 unspecified atom stereocenters. The Morgan fingerprint density at radius 3 is 2.18 bits per heavy atom. The molecule has 0 radical (unpaired) electrons. The number of piperidine rings is 1. The molecule has 33 heavy (non-hydrogen) atoms. The quantitative estimate of drug-likeness (QED) is 0.633. The normalized spacial score (nSPS) is 15.8. The molecule has 2 amide bonds. The van der Waals surface area contributed by atoms with Crippen molar-refractivity contribution < 1.29 is 22.8 Å². The number of nitrogens with zero attached hydrogens (tertiary/aromatic N) is 3. The molecule has 2 aromatic carbocycles. The highest BCUT2D eigenvalue weighted by Gasteiger charge is 2.43. The van der Waals surface area contributed by atoms with Crippen molar-refractivity contribution in [3.63, 3.8) is 0 Å². The number of benzene rings is 2. The number of aromatic nitrogens is 2. The minimum Gasteiger partial charge on any atom is -0.343 e. The lowest BCUT2D eigenvalue weighted by atomic mass is 9.72. The number of likely N-dealkylation sites (tertiary alicyclic amines) is 1. The highest BCUT2D eigenvalue weighted by molar-refractivity contribution is 5.99. The Labute approximate surface area is 189 Å². The summed E-state index contributed by atoms with van der Waals surface area (Å²) in [4.78, 5) is 27.0. The van der Waals surface area contributed by atoms with Gasteiger partial charge < -0.3 is 10.2 Å². The van der Waals surface area contributed by atoms with E-state index in [9.17, 15) is 22.8 Å². The van der Waals surface area contributed by atoms with E-state index in [1.165, 1.54) is 19.1 Å². The third-order valence-corrected chi connectivity index (χ3v) is 6.13. The van der Waals surface area contributed by atoms with E-state index in [2.05, 4.69) is 10.4 Å². The minimum absolute atomic E-state index is 0.0236. The second kappa shape index (κ2) is 8.73. The lowest BCUT2D eigenvalue weighted by molar-refractivity contribution is -0.142. The lowest BCUT2D eigenvalue weighted by Crippen LogP contribution is -2.50. The van der Waals surface area contributed by atoms with Gasteiger partial charge in [-0.05, 0) is 48.7 Å². The number of carbonyl (C=O) groups excluding carboxylic acids is 2. The summed E-state index contributed by atoms with van der Waals surface area (Å²) >= 11 is 0. The maximum Gasteiger partial charge on any atom is 0.433 e. The van der Waals surface area contributed by atoms with E-state index < -0.39 is 17.3 Å². The molecule has 0 saturated carbocycles. The number of nitrogens with one attached hydrogen (secondary N) is 1. The molecule has 1 fully saturated rings. The van der Waals surface area contributed by atoms with Gasteiger partial charge in [-0.1, -0.05) is 30.3 Å². The molecule has 1 aromatic heterocycles. The molecule has 172 valence electrons. The van der Waals surface area contributed by atoms with Crippen LogP contribution in [0.2, 0.25) is 0 Å². The second-order valence-electron chi connectivity index (χ2n) is 8.08. The Hall–Kier alpha value is -3.62. The van der Waals surface area contributed by atoms with Gasteiger partial charge in [-0.3, -0.25) is 9.59 Å². The topological polar surface area (TPSA) is 67.2 Å². The van der Waals surface area contributed by atoms with Crippen LogP contribution in [0.15, 0.2) is 66.9 Å². The Balaban J connectivity index is 1.57. The van der Waals surface area contributed by atoms with Crippen LogP contribution in [0.4, 0.5) is 18.9 Å². The smallest absolute Gasteiger partial charge is 0.343 e. The van der Waals surface area contributed by atoms with Crippen LogP contribution < -0.4 is 5.32 Å². The number of alkyl halides is 3. The summed E-state index contributed by atoms with van der Waals surface area (Å²) in [6, 6.07) is 16.4. The van der Waals surface area contributed by atoms with Crippen LogP contribution in [0.3, 0.4) is 0 Å². The third kappa shape index (κ3) is 4.48. The van der Waals surface area contributed by atoms with Gasteiger partial charge in [0.2, 0.25) is 11.8 Å². The van der Waals surface area contributed by atoms with Gasteiger partial charge in [0.25, 0.3) is 0 Å². The zero-order chi connectivity index (χ0) is 23.6. The summed E-state index contributed by atoms with van der Waals surface area (Å²) < 4.78 is 40.3. The molecule has 6 nitrogen and oxygen atoms in total. The van der Waals surface area contributed by atoms with Crippen LogP contribution >= 0.6 is 0 Å². The van der Waals surface area contributed by atoms with Gasteiger partial charge in [-0.2, -0.15) is 18.3 Å². The Bertz CT molecular complexity index is 1130. The molecule has 1 N–H and O–H groups in total. The molecule has 1 aliphatic heterocycles. The Morgan fingerprint density at radius 2 is 1.61 bits per heavy atom. The van der Waals surface area contributed by atoms with E-state index >= 15 is 0 Å². The largest absolute Gasteiger partial charge is 0.433 e. The lowest BCUT2D eigenvalue weighted by Gasteiger charge is -2.40. The number of amides is 2. The number of hydrogen-bond acceptors (Lipinski definition) is 3. The van der Waals surface area contributed by atoms with E-state index in [0.717, 1.165) is 22.5 Å². The van der Waals surface area contributed by atoms with Crippen molar-refractivity contribution in [2.45, 2.75) is 31.4 Å². The van der Waals surface area contributed by atoms with E-state index in [-0.39, 0.29) is 17.5 Å². The third-order valence-electron chi connectivity index (χ3n) is 6.13. The van der Waals surface area contributed by atoms with Crippen LogP contribution in [-0.4, -0.2) is 39.6 Å². The maximum absolute atomic E-state index is 13.5. The Morgan fingerprint density at radius 1 is 0.970 bits per heavy atom. The number of rotatable bonds is 4. The molecule has 4 rings (SSSR count). The monoisotopic (exact) mass is 456 g/mol. The molecule has 2 heterocycles. The second-order valence-corrected chi connectivity index (χ2v) is 8.08. The van der Waals surface area contributed by atoms with Gasteiger partial charge >= 0.3 is 6.18 Å². The van der Waals surface area contributed by atoms with E-state index in [1.807, 2.05) is 30.3 Å². The zero-order valence-corrected chi connectivity index (χ0v) is 18.0. The average molecular weight is 456 g/mol. The van der Waals surface area contributed by atoms with Gasteiger partial charge in [-0.25, -0.2) is 4.68 Å². The molecule has 1 aliphatic rings. The molecule has 0 atom stereocenters. The van der Waals surface area contributed by atoms with Crippen molar-refractivity contribution in [2.75, 3.05) is 18.4 Å². The predicted octanol–water partition coefficient (Wildman–Crippen LogP) is 4.41. The van der Waals surface area contributed by atoms with Crippen LogP contribution in [0, 0.1) is 0 Å². The maximum atomic E-state index is 13.5. The van der Waals surface area contributed by atoms with Gasteiger partial charge in [-0.15, -0.1) is 0 Å². The molecule has 0 bridgehead atoms. The standard InChI is InChI=1S/C24H23F3N4O2/c1-17(32)30-15-12-23(13-16-30,18-5-3-2-4-6-18)22(33)29-19-7-9-20(10-8-19)31-21(11-14-28-31)24(25,26)27/h2-11,14H,12-13,15-16H2,1H3,(H,29,33). The number of halogens is 3. The van der Waals surface area contributed by atoms with Gasteiger partial charge in [0.15, 0.2) is 0 Å². The summed E-state index contributed by atoms with van der Waals surface area (Å²) in [5, 5.41) is 6.68. The van der Waals surface area contributed by atoms with Gasteiger partial charge in [0, 0.05) is 25.7 Å². The van der Waals surface area contributed by atoms with Crippen LogP contribution in [-0.2, 0) is 21.2 Å². The summed E-state index contributed by atoms with van der Waals surface area (Å²) in [5.74, 6) is -0.232. The Kier molecular flexibility index (Phi) is 5.97. The summed E-state index contributed by atoms with van der Waals surface area (Å²) in [6.07, 6.45) is -2.48. The minimum atomic E-state index is -4.53. The first-order chi connectivity index (χ1) is 15.7. The van der Waals surface area contributed by atoms with Crippen LogP contribution in [0.1, 0.15) is 31.0 Å². The highest BCUT2D eigenvalue weighted by Crippen LogP contribution is 2.37. The molecular weight excluding hydrogens is 433 g/mol. The molecule has 0 spiro atoms. The van der Waals surface area contributed by atoms with E-state index in [0.29, 0.717) is 31.6 Å². The SMILES string of the molecule is CC(=O)N1CCC(C(=O)Nc2ccc(-n3nccc3C(F)(F)F)cc2)(c2ccccc2)CC1. The fraction of sp³-hybridized carbons (Fsp3) is 0.292. The molecule has 3 aromatic rings. The summed E-state index contributed by atoms with van der Waals surface area (Å²) in [5.41, 5.74) is -0.114. The fourth-order valence-electron chi connectivity index (χ4n) is 4.27. The van der Waals surface area contributed by atoms with Crippen molar-refractivity contribution in [2.24, 2.45) is 0 Å². The molecule has 0 aliphatic carbocycles. The van der Waals surface area contributed by atoms with Crippen molar-refractivity contribution in [1.29, 1.82) is 0 Å². The molecule has 9 heteroatoms. The summed E-state index contributed by atoms with van der Waals surface area (Å²) in [6.45, 7) is 2.45. The number of hydrogen-bond donors (Lipinski definition) is 1. The van der Waals surface area contributed by atoms with Crippen LogP contribution in [0.25, 0.3) is 5.69 Å². The van der Waals surface area contributed by atoms with Gasteiger partial charge in [0.05, 0.1) is 17.3 Å². The average Bonchev–Trinajstić information content (AvgIpc) is 3.31. The van der Waals surface area contributed by atoms with Crippen molar-refractivity contribution in [1.82, 2.24) is 14.7 Å². The molecule has 1 saturated heterocycles. The van der Waals surface area contributed by atoms with Gasteiger partial charge in [0.1, 0.15) is 5.69 Å². The number of anilines is 1.